The number of aliphatic hydroxyl groups is 2. The summed E-state index contributed by atoms with van der Waals surface area (Å²) in [7, 11) is 2.81. The molecule has 76 heavy (non-hydrogen) atoms. The number of nitrogens with zero attached hydrogens (tertiary/aromatic N) is 2. The normalized spacial score (nSPS) is 24.0. The van der Waals surface area contributed by atoms with Crippen LogP contribution in [0.1, 0.15) is 80.8 Å². The molecular formula is C51H57N7O18. The van der Waals surface area contributed by atoms with E-state index in [1.807, 2.05) is 4.90 Å². The first-order chi connectivity index (χ1) is 36.3. The monoisotopic (exact) mass is 1060 g/mol. The molecule has 0 aromatic heterocycles. The number of phenolic OH excluding ortho intramolecular Hbond substituents is 2. The zero-order valence-corrected chi connectivity index (χ0v) is 41.5. The minimum absolute atomic E-state index is 0.0567. The number of methoxy groups -OCH3 is 2. The van der Waals surface area contributed by atoms with E-state index in [1.54, 1.807) is 19.1 Å². The molecule has 3 aromatic rings. The van der Waals surface area contributed by atoms with E-state index < -0.39 is 151 Å². The van der Waals surface area contributed by atoms with Crippen LogP contribution in [0.3, 0.4) is 0 Å². The van der Waals surface area contributed by atoms with E-state index in [-0.39, 0.29) is 53.9 Å². The molecule has 7 atom stereocenters. The van der Waals surface area contributed by atoms with Gasteiger partial charge in [-0.25, -0.2) is 0 Å². The number of imide groups is 1. The fourth-order valence-electron chi connectivity index (χ4n) is 9.82. The lowest BCUT2D eigenvalue weighted by Crippen LogP contribution is -2.59. The second-order valence-corrected chi connectivity index (χ2v) is 18.7. The fourth-order valence-corrected chi connectivity index (χ4v) is 9.82. The lowest BCUT2D eigenvalue weighted by molar-refractivity contribution is -0.266. The van der Waals surface area contributed by atoms with Crippen LogP contribution in [0, 0.1) is 0 Å². The maximum atomic E-state index is 14.2. The van der Waals surface area contributed by atoms with Gasteiger partial charge < -0.3 is 70.7 Å². The number of hydrogen-bond acceptors (Lipinski definition) is 19. The van der Waals surface area contributed by atoms with Crippen molar-refractivity contribution in [3.63, 3.8) is 0 Å². The van der Waals surface area contributed by atoms with Gasteiger partial charge in [0.15, 0.2) is 18.4 Å². The highest BCUT2D eigenvalue weighted by Gasteiger charge is 2.51. The van der Waals surface area contributed by atoms with Gasteiger partial charge in [0, 0.05) is 99.5 Å². The summed E-state index contributed by atoms with van der Waals surface area (Å²) in [6.07, 6.45) is -4.11. The van der Waals surface area contributed by atoms with Crippen LogP contribution in [0.4, 0.5) is 5.69 Å². The Morgan fingerprint density at radius 3 is 2.13 bits per heavy atom. The largest absolute Gasteiger partial charge is 0.507 e. The Labute approximate surface area is 433 Å². The molecule has 2 saturated heterocycles. The number of nitrogens with one attached hydrogen (secondary N) is 5. The molecule has 0 bridgehead atoms. The predicted molar refractivity (Wildman–Crippen MR) is 260 cm³/mol. The summed E-state index contributed by atoms with van der Waals surface area (Å²) >= 11 is 0. The van der Waals surface area contributed by atoms with Crippen molar-refractivity contribution in [2.75, 3.05) is 65.4 Å². The van der Waals surface area contributed by atoms with E-state index in [0.717, 1.165) is 17.1 Å². The number of fused-ring (bicyclic) bond motifs is 3. The van der Waals surface area contributed by atoms with Crippen molar-refractivity contribution < 1.29 is 87.3 Å². The Bertz CT molecular complexity index is 2860. The maximum Gasteiger partial charge on any atom is 0.253 e. The maximum absolute atomic E-state index is 14.2. The molecule has 9 N–H and O–H groups in total. The quantitative estimate of drug-likeness (QED) is 0.0413. The highest BCUT2D eigenvalue weighted by Crippen LogP contribution is 2.52. The second-order valence-electron chi connectivity index (χ2n) is 18.7. The molecule has 0 spiro atoms. The Morgan fingerprint density at radius 1 is 0.803 bits per heavy atom. The average molecular weight is 1060 g/mol. The number of rotatable bonds is 18. The van der Waals surface area contributed by atoms with E-state index in [9.17, 15) is 63.6 Å². The van der Waals surface area contributed by atoms with Crippen molar-refractivity contribution in [2.45, 2.75) is 81.7 Å². The van der Waals surface area contributed by atoms with Gasteiger partial charge in [0.25, 0.3) is 17.7 Å². The summed E-state index contributed by atoms with van der Waals surface area (Å²) in [4.78, 5) is 118. The molecule has 5 aliphatic rings. The van der Waals surface area contributed by atoms with Gasteiger partial charge in [0.2, 0.25) is 29.4 Å². The first kappa shape index (κ1) is 54.6. The van der Waals surface area contributed by atoms with Crippen molar-refractivity contribution in [2.24, 2.45) is 0 Å². The number of ketones is 2. The van der Waals surface area contributed by atoms with Crippen LogP contribution in [0.5, 0.6) is 17.2 Å². The van der Waals surface area contributed by atoms with Crippen molar-refractivity contribution >= 4 is 58.6 Å². The van der Waals surface area contributed by atoms with Crippen molar-refractivity contribution in [3.05, 3.63) is 93.6 Å². The lowest BCUT2D eigenvalue weighted by Gasteiger charge is -2.47. The summed E-state index contributed by atoms with van der Waals surface area (Å²) < 4.78 is 29.1. The predicted octanol–water partition coefficient (Wildman–Crippen LogP) is -1.30. The van der Waals surface area contributed by atoms with E-state index >= 15 is 0 Å². The minimum atomic E-state index is -2.37. The third-order valence-corrected chi connectivity index (χ3v) is 13.8. The van der Waals surface area contributed by atoms with Gasteiger partial charge in [-0.3, -0.25) is 53.0 Å². The van der Waals surface area contributed by atoms with E-state index in [4.69, 9.17) is 23.7 Å². The molecule has 7 amide bonds. The van der Waals surface area contributed by atoms with Crippen LogP contribution in [-0.2, 0) is 65.5 Å². The number of ether oxygens (including phenoxy) is 5. The number of benzene rings is 3. The second kappa shape index (κ2) is 23.1. The van der Waals surface area contributed by atoms with Crippen LogP contribution in [0.25, 0.3) is 0 Å². The van der Waals surface area contributed by atoms with Gasteiger partial charge >= 0.3 is 0 Å². The van der Waals surface area contributed by atoms with Gasteiger partial charge in [0.05, 0.1) is 68.4 Å². The standard InChI is InChI=1S/C51H57N7O18/c1-25-45(65)30(57-15-16-74-40(24-57)73-3)17-39(75-25)76-32-19-51(71,18-29-42(32)49(69)44-43(47(29)67)46(66)28-5-4-6-31(72-2)41(28)48(44)68)50(70)55-20-26-7-9-27(10-8-26)56-36(62)23-54-35(61)22-53-34(60)21-52-33(59)13-14-58-37(63)11-12-38(58)64/h4-12,25,30,32,39-40,45,65,67,69,71H,13-24H2,1-3H3,(H,52,59)(H,53,60)(H,54,61)(H,55,70)(H,56,62)/t25-,30-,32-,39?,40-,45+,51-/m0/s1. The zero-order chi connectivity index (χ0) is 54.6. The van der Waals surface area contributed by atoms with E-state index in [1.165, 1.54) is 44.6 Å². The van der Waals surface area contributed by atoms with Crippen LogP contribution < -0.4 is 31.3 Å². The molecule has 2 aliphatic carbocycles. The summed E-state index contributed by atoms with van der Waals surface area (Å²) in [6.45, 7) is 0.936. The topological polar surface area (TPSA) is 347 Å². The summed E-state index contributed by atoms with van der Waals surface area (Å²) in [5.41, 5.74) is -3.19. The number of anilines is 1. The molecule has 25 nitrogen and oxygen atoms in total. The average Bonchev–Trinajstić information content (AvgIpc) is 3.75. The first-order valence-corrected chi connectivity index (χ1v) is 24.3. The smallest absolute Gasteiger partial charge is 0.253 e. The molecule has 25 heteroatoms. The van der Waals surface area contributed by atoms with Crippen LogP contribution in [-0.4, -0.2) is 180 Å². The molecule has 404 valence electrons. The Balaban J connectivity index is 0.902. The van der Waals surface area contributed by atoms with Crippen molar-refractivity contribution in [3.8, 4) is 17.2 Å². The van der Waals surface area contributed by atoms with E-state index in [0.29, 0.717) is 30.9 Å². The highest BCUT2D eigenvalue weighted by molar-refractivity contribution is 6.31. The first-order valence-electron chi connectivity index (χ1n) is 24.3. The SMILES string of the molecule is COc1cccc2c1C(=O)c1c(O)c3c(c(O)c1C2=O)C[C@@](O)(C(=O)NCc1ccc(NC(=O)CNC(=O)CNC(=O)CNC(=O)CCN2C(=O)C=CC2=O)cc1)C[C@@H]3OC1C[C@H](N2CCO[C@H](OC)C2)[C@H](O)[C@H](C)O1. The Morgan fingerprint density at radius 2 is 1.46 bits per heavy atom. The number of morpholine rings is 1. The number of aliphatic hydroxyl groups excluding tert-OH is 1. The summed E-state index contributed by atoms with van der Waals surface area (Å²) in [6, 6.07) is 9.96. The van der Waals surface area contributed by atoms with E-state index in [2.05, 4.69) is 26.6 Å². The fraction of sp³-hybridized carbons (Fsp3) is 0.431. The molecule has 0 saturated carbocycles. The molecule has 3 aliphatic heterocycles. The summed E-state index contributed by atoms with van der Waals surface area (Å²) in [5, 5.41) is 60.0. The number of amides is 7. The molecule has 3 heterocycles. The highest BCUT2D eigenvalue weighted by atomic mass is 16.7. The van der Waals surface area contributed by atoms with Crippen LogP contribution in [0.2, 0.25) is 0 Å². The van der Waals surface area contributed by atoms with Gasteiger partial charge in [-0.1, -0.05) is 24.3 Å². The molecule has 2 fully saturated rings. The summed E-state index contributed by atoms with van der Waals surface area (Å²) in [5.74, 6) is -7.68. The van der Waals surface area contributed by atoms with Gasteiger partial charge in [-0.2, -0.15) is 0 Å². The minimum Gasteiger partial charge on any atom is -0.507 e. The molecule has 3 aromatic carbocycles. The number of carbonyl (C=O) groups is 9. The number of carbonyl (C=O) groups excluding carboxylic acids is 9. The van der Waals surface area contributed by atoms with Crippen molar-refractivity contribution in [1.82, 2.24) is 31.1 Å². The number of aromatic hydroxyl groups is 2. The third-order valence-electron chi connectivity index (χ3n) is 13.8. The lowest BCUT2D eigenvalue weighted by atomic mass is 9.72. The van der Waals surface area contributed by atoms with Gasteiger partial charge in [-0.15, -0.1) is 0 Å². The zero-order valence-electron chi connectivity index (χ0n) is 41.5. The Kier molecular flexibility index (Phi) is 16.6. The third kappa shape index (κ3) is 11.6. The van der Waals surface area contributed by atoms with Gasteiger partial charge in [-0.05, 0) is 30.7 Å². The molecule has 1 unspecified atom stereocenters. The van der Waals surface area contributed by atoms with Crippen molar-refractivity contribution in [1.29, 1.82) is 0 Å². The molecule has 0 radical (unpaired) electrons. The van der Waals surface area contributed by atoms with Gasteiger partial charge in [0.1, 0.15) is 22.8 Å². The molecule has 8 rings (SSSR count). The van der Waals surface area contributed by atoms with Crippen LogP contribution in [0.15, 0.2) is 54.6 Å². The Hall–Kier alpha value is -7.65. The van der Waals surface area contributed by atoms with Crippen LogP contribution >= 0.6 is 0 Å². The number of hydrogen-bond donors (Lipinski definition) is 9. The number of phenols is 2. The molecular weight excluding hydrogens is 999 g/mol.